The van der Waals surface area contributed by atoms with E-state index in [9.17, 15) is 0 Å². The maximum atomic E-state index is 5.38. The molecular weight excluding hydrogens is 218 g/mol. The van der Waals surface area contributed by atoms with Gasteiger partial charge in [-0.3, -0.25) is 0 Å². The van der Waals surface area contributed by atoms with Gasteiger partial charge >= 0.3 is 0 Å². The van der Waals surface area contributed by atoms with Crippen molar-refractivity contribution in [3.05, 3.63) is 46.0 Å². The Morgan fingerprint density at radius 3 is 2.62 bits per heavy atom. The third-order valence-electron chi connectivity index (χ3n) is 2.76. The van der Waals surface area contributed by atoms with Crippen LogP contribution in [0.3, 0.4) is 0 Å². The van der Waals surface area contributed by atoms with Gasteiger partial charge in [0.2, 0.25) is 0 Å². The summed E-state index contributed by atoms with van der Waals surface area (Å²) in [5.41, 5.74) is 1.36. The quantitative estimate of drug-likeness (QED) is 0.864. The molecule has 0 spiro atoms. The highest BCUT2D eigenvalue weighted by molar-refractivity contribution is 7.10. The lowest BCUT2D eigenvalue weighted by atomic mass is 10.1. The van der Waals surface area contributed by atoms with E-state index < -0.39 is 0 Å². The fourth-order valence-electron chi connectivity index (χ4n) is 1.90. The van der Waals surface area contributed by atoms with Crippen LogP contribution in [-0.4, -0.2) is 0 Å². The van der Waals surface area contributed by atoms with Crippen LogP contribution in [0.4, 0.5) is 0 Å². The molecule has 2 aromatic rings. The van der Waals surface area contributed by atoms with Crippen LogP contribution in [0, 0.1) is 6.92 Å². The summed E-state index contributed by atoms with van der Waals surface area (Å²) >= 11 is 1.80. The van der Waals surface area contributed by atoms with Crippen LogP contribution in [0.1, 0.15) is 42.1 Å². The molecule has 2 nitrogen and oxygen atoms in total. The van der Waals surface area contributed by atoms with Crippen molar-refractivity contribution in [3.63, 3.8) is 0 Å². The van der Waals surface area contributed by atoms with E-state index in [-0.39, 0.29) is 6.04 Å². The second-order valence-electron chi connectivity index (χ2n) is 4.09. The molecule has 0 amide bonds. The van der Waals surface area contributed by atoms with Gasteiger partial charge in [0.25, 0.3) is 0 Å². The van der Waals surface area contributed by atoms with Gasteiger partial charge in [-0.2, -0.15) is 0 Å². The summed E-state index contributed by atoms with van der Waals surface area (Å²) < 4.78 is 5.38. The molecule has 2 rings (SSSR count). The van der Waals surface area contributed by atoms with E-state index in [0.717, 1.165) is 5.76 Å². The summed E-state index contributed by atoms with van der Waals surface area (Å²) in [5, 5.41) is 5.68. The molecule has 2 aromatic heterocycles. The molecule has 0 radical (unpaired) electrons. The van der Waals surface area contributed by atoms with E-state index in [2.05, 4.69) is 37.5 Å². The molecule has 3 heteroatoms. The average molecular weight is 235 g/mol. The fraction of sp³-hybridized carbons (Fsp3) is 0.385. The van der Waals surface area contributed by atoms with Crippen LogP contribution in [0.25, 0.3) is 0 Å². The topological polar surface area (TPSA) is 25.2 Å². The molecule has 2 atom stereocenters. The summed E-state index contributed by atoms with van der Waals surface area (Å²) in [5.74, 6) is 0.987. The predicted molar refractivity (Wildman–Crippen MR) is 67.7 cm³/mol. The van der Waals surface area contributed by atoms with Crippen LogP contribution in [0.15, 0.2) is 34.3 Å². The first-order valence-corrected chi connectivity index (χ1v) is 6.40. The molecule has 0 bridgehead atoms. The van der Waals surface area contributed by atoms with Gasteiger partial charge in [-0.25, -0.2) is 0 Å². The molecule has 0 aliphatic heterocycles. The third kappa shape index (κ3) is 2.36. The zero-order chi connectivity index (χ0) is 11.5. The lowest BCUT2D eigenvalue weighted by Gasteiger charge is -2.18. The number of hydrogen-bond donors (Lipinski definition) is 1. The zero-order valence-corrected chi connectivity index (χ0v) is 10.7. The maximum absolute atomic E-state index is 5.38. The Balaban J connectivity index is 2.03. The van der Waals surface area contributed by atoms with E-state index in [1.54, 1.807) is 17.6 Å². The van der Waals surface area contributed by atoms with Crippen LogP contribution in [0.5, 0.6) is 0 Å². The molecule has 0 saturated carbocycles. The number of furan rings is 1. The second kappa shape index (κ2) is 4.85. The Bertz CT molecular complexity index is 432. The molecule has 0 aliphatic rings. The van der Waals surface area contributed by atoms with Crippen molar-refractivity contribution in [2.45, 2.75) is 32.9 Å². The van der Waals surface area contributed by atoms with Gasteiger partial charge in [-0.1, -0.05) is 0 Å². The third-order valence-corrected chi connectivity index (χ3v) is 3.97. The first-order chi connectivity index (χ1) is 7.68. The number of aryl methyl sites for hydroxylation is 1. The first-order valence-electron chi connectivity index (χ1n) is 5.52. The minimum Gasteiger partial charge on any atom is -0.468 e. The summed E-state index contributed by atoms with van der Waals surface area (Å²) in [6.45, 7) is 6.47. The maximum Gasteiger partial charge on any atom is 0.120 e. The first kappa shape index (κ1) is 11.4. The molecule has 0 fully saturated rings. The summed E-state index contributed by atoms with van der Waals surface area (Å²) in [7, 11) is 0. The normalized spacial score (nSPS) is 14.9. The van der Waals surface area contributed by atoms with Crippen LogP contribution in [-0.2, 0) is 0 Å². The standard InChI is InChI=1S/C13H17NOS/c1-9-6-8-16-13(9)11(3)14-10(2)12-5-4-7-15-12/h4-8,10-11,14H,1-3H3. The number of rotatable bonds is 4. The van der Waals surface area contributed by atoms with Crippen molar-refractivity contribution in [1.29, 1.82) is 0 Å². The van der Waals surface area contributed by atoms with E-state index in [1.807, 2.05) is 12.1 Å². The van der Waals surface area contributed by atoms with E-state index in [4.69, 9.17) is 4.42 Å². The number of thiophene rings is 1. The highest BCUT2D eigenvalue weighted by Crippen LogP contribution is 2.26. The largest absolute Gasteiger partial charge is 0.468 e. The molecule has 0 aromatic carbocycles. The summed E-state index contributed by atoms with van der Waals surface area (Å²) in [4.78, 5) is 1.40. The van der Waals surface area contributed by atoms with Crippen LogP contribution >= 0.6 is 11.3 Å². The van der Waals surface area contributed by atoms with E-state index in [1.165, 1.54) is 10.4 Å². The molecule has 0 aliphatic carbocycles. The Labute approximate surface area is 100 Å². The molecule has 2 unspecified atom stereocenters. The predicted octanol–water partition coefficient (Wildman–Crippen LogP) is 4.06. The summed E-state index contributed by atoms with van der Waals surface area (Å²) in [6.07, 6.45) is 1.72. The molecule has 0 saturated heterocycles. The van der Waals surface area contributed by atoms with E-state index in [0.29, 0.717) is 6.04 Å². The van der Waals surface area contributed by atoms with Gasteiger partial charge in [-0.05, 0) is 49.9 Å². The monoisotopic (exact) mass is 235 g/mol. The van der Waals surface area contributed by atoms with Gasteiger partial charge < -0.3 is 9.73 Å². The molecular formula is C13H17NOS. The van der Waals surface area contributed by atoms with Crippen molar-refractivity contribution < 1.29 is 4.42 Å². The van der Waals surface area contributed by atoms with Crippen molar-refractivity contribution in [2.24, 2.45) is 0 Å². The highest BCUT2D eigenvalue weighted by Gasteiger charge is 2.15. The minimum absolute atomic E-state index is 0.242. The Morgan fingerprint density at radius 2 is 2.06 bits per heavy atom. The Morgan fingerprint density at radius 1 is 1.25 bits per heavy atom. The molecule has 16 heavy (non-hydrogen) atoms. The highest BCUT2D eigenvalue weighted by atomic mass is 32.1. The SMILES string of the molecule is Cc1ccsc1C(C)NC(C)c1ccco1. The zero-order valence-electron chi connectivity index (χ0n) is 9.86. The smallest absolute Gasteiger partial charge is 0.120 e. The van der Waals surface area contributed by atoms with Crippen molar-refractivity contribution in [1.82, 2.24) is 5.32 Å². The molecule has 86 valence electrons. The van der Waals surface area contributed by atoms with Gasteiger partial charge in [0.05, 0.1) is 12.3 Å². The van der Waals surface area contributed by atoms with E-state index >= 15 is 0 Å². The van der Waals surface area contributed by atoms with Crippen LogP contribution in [0.2, 0.25) is 0 Å². The second-order valence-corrected chi connectivity index (χ2v) is 5.04. The fourth-order valence-corrected chi connectivity index (χ4v) is 2.84. The van der Waals surface area contributed by atoms with Crippen molar-refractivity contribution >= 4 is 11.3 Å². The number of nitrogens with one attached hydrogen (secondary N) is 1. The van der Waals surface area contributed by atoms with Crippen LogP contribution < -0.4 is 5.32 Å². The van der Waals surface area contributed by atoms with Gasteiger partial charge in [0.1, 0.15) is 5.76 Å². The molecule has 2 heterocycles. The summed E-state index contributed by atoms with van der Waals surface area (Å²) in [6, 6.07) is 6.70. The molecule has 1 N–H and O–H groups in total. The lowest BCUT2D eigenvalue weighted by Crippen LogP contribution is -2.21. The average Bonchev–Trinajstić information content (AvgIpc) is 2.86. The minimum atomic E-state index is 0.242. The van der Waals surface area contributed by atoms with Gasteiger partial charge in [0, 0.05) is 10.9 Å². The Hall–Kier alpha value is -1.06. The van der Waals surface area contributed by atoms with Gasteiger partial charge in [0.15, 0.2) is 0 Å². The Kier molecular flexibility index (Phi) is 3.46. The van der Waals surface area contributed by atoms with Crippen molar-refractivity contribution in [3.8, 4) is 0 Å². The number of hydrogen-bond acceptors (Lipinski definition) is 3. The lowest BCUT2D eigenvalue weighted by molar-refractivity contribution is 0.404. The van der Waals surface area contributed by atoms with Crippen molar-refractivity contribution in [2.75, 3.05) is 0 Å². The van der Waals surface area contributed by atoms with Gasteiger partial charge in [-0.15, -0.1) is 11.3 Å².